The Labute approximate surface area is 91.6 Å². The third kappa shape index (κ3) is 2.15. The number of nitrogens with zero attached hydrogens (tertiary/aromatic N) is 4. The molecule has 0 aliphatic rings. The van der Waals surface area contributed by atoms with Gasteiger partial charge in [-0.2, -0.15) is 4.80 Å². The highest BCUT2D eigenvalue weighted by Gasteiger charge is 2.42. The van der Waals surface area contributed by atoms with Crippen LogP contribution in [0.15, 0.2) is 0 Å². The number of hydrogen-bond donors (Lipinski definition) is 2. The fraction of sp³-hybridized carbons (Fsp3) is 0.625. The Morgan fingerprint density at radius 1 is 1.56 bits per heavy atom. The summed E-state index contributed by atoms with van der Waals surface area (Å²) >= 11 is 0. The predicted molar refractivity (Wildman–Crippen MR) is 52.3 cm³/mol. The van der Waals surface area contributed by atoms with Crippen molar-refractivity contribution in [3.05, 3.63) is 5.82 Å². The van der Waals surface area contributed by atoms with Crippen molar-refractivity contribution in [1.82, 2.24) is 25.5 Å². The van der Waals surface area contributed by atoms with Gasteiger partial charge in [-0.15, -0.1) is 10.2 Å². The third-order valence-corrected chi connectivity index (χ3v) is 2.26. The predicted octanol–water partition coefficient (Wildman–Crippen LogP) is -1.41. The van der Waals surface area contributed by atoms with Gasteiger partial charge in [-0.25, -0.2) is 0 Å². The summed E-state index contributed by atoms with van der Waals surface area (Å²) in [7, 11) is 2.95. The number of carbonyl (C=O) groups is 2. The molecule has 8 heteroatoms. The summed E-state index contributed by atoms with van der Waals surface area (Å²) < 4.78 is 0. The highest BCUT2D eigenvalue weighted by atomic mass is 16.4. The topological polar surface area (TPSA) is 110 Å². The molecule has 0 bridgehead atoms. The fourth-order valence-electron chi connectivity index (χ4n) is 1.24. The second-order valence-corrected chi connectivity index (χ2v) is 3.59. The van der Waals surface area contributed by atoms with Crippen molar-refractivity contribution in [3.63, 3.8) is 0 Å². The van der Waals surface area contributed by atoms with Gasteiger partial charge in [0.05, 0.1) is 7.05 Å². The van der Waals surface area contributed by atoms with E-state index in [9.17, 15) is 9.59 Å². The van der Waals surface area contributed by atoms with E-state index < -0.39 is 17.3 Å². The molecule has 1 atom stereocenters. The number of tetrazole rings is 1. The van der Waals surface area contributed by atoms with Crippen molar-refractivity contribution in [2.24, 2.45) is 12.5 Å². The Balaban J connectivity index is 2.96. The second-order valence-electron chi connectivity index (χ2n) is 3.59. The number of rotatable bonds is 4. The lowest BCUT2D eigenvalue weighted by Gasteiger charge is -2.20. The SMILES string of the molecule is CNC(=O)C(C)(Cc1nnn(C)n1)C(=O)O. The lowest BCUT2D eigenvalue weighted by Crippen LogP contribution is -2.45. The maximum Gasteiger partial charge on any atom is 0.319 e. The molecule has 0 radical (unpaired) electrons. The minimum absolute atomic E-state index is 0.101. The van der Waals surface area contributed by atoms with E-state index in [2.05, 4.69) is 20.7 Å². The van der Waals surface area contributed by atoms with Gasteiger partial charge in [0, 0.05) is 13.5 Å². The van der Waals surface area contributed by atoms with Gasteiger partial charge < -0.3 is 10.4 Å². The number of aryl methyl sites for hydroxylation is 1. The van der Waals surface area contributed by atoms with Gasteiger partial charge in [0.25, 0.3) is 0 Å². The molecule has 0 aliphatic carbocycles. The van der Waals surface area contributed by atoms with Crippen LogP contribution in [0, 0.1) is 5.41 Å². The van der Waals surface area contributed by atoms with Crippen molar-refractivity contribution in [2.45, 2.75) is 13.3 Å². The van der Waals surface area contributed by atoms with Crippen molar-refractivity contribution in [3.8, 4) is 0 Å². The van der Waals surface area contributed by atoms with E-state index in [4.69, 9.17) is 5.11 Å². The summed E-state index contributed by atoms with van der Waals surface area (Å²) in [5.74, 6) is -1.59. The lowest BCUT2D eigenvalue weighted by atomic mass is 9.85. The minimum atomic E-state index is -1.59. The quantitative estimate of drug-likeness (QED) is 0.611. The third-order valence-electron chi connectivity index (χ3n) is 2.26. The largest absolute Gasteiger partial charge is 0.480 e. The molecule has 0 spiro atoms. The molecule has 88 valence electrons. The van der Waals surface area contributed by atoms with Gasteiger partial charge in [0.2, 0.25) is 5.91 Å². The Kier molecular flexibility index (Phi) is 3.21. The number of carboxylic acid groups (broad SMARTS) is 1. The molecule has 1 heterocycles. The molecular weight excluding hydrogens is 214 g/mol. The molecule has 1 rings (SSSR count). The molecule has 0 aliphatic heterocycles. The molecule has 2 N–H and O–H groups in total. The number of amides is 1. The molecule has 0 aromatic carbocycles. The maximum atomic E-state index is 11.5. The van der Waals surface area contributed by atoms with Gasteiger partial charge in [-0.3, -0.25) is 9.59 Å². The maximum absolute atomic E-state index is 11.5. The van der Waals surface area contributed by atoms with Gasteiger partial charge >= 0.3 is 5.97 Å². The van der Waals surface area contributed by atoms with Crippen LogP contribution in [0.25, 0.3) is 0 Å². The van der Waals surface area contributed by atoms with Crippen molar-refractivity contribution >= 4 is 11.9 Å². The molecule has 1 aromatic rings. The van der Waals surface area contributed by atoms with Crippen molar-refractivity contribution in [2.75, 3.05) is 7.05 Å². The normalized spacial score (nSPS) is 14.2. The summed E-state index contributed by atoms with van der Waals surface area (Å²) in [4.78, 5) is 23.8. The monoisotopic (exact) mass is 227 g/mol. The fourth-order valence-corrected chi connectivity index (χ4v) is 1.24. The number of carboxylic acids is 1. The van der Waals surface area contributed by atoms with Gasteiger partial charge in [-0.1, -0.05) is 0 Å². The molecule has 1 unspecified atom stereocenters. The first-order chi connectivity index (χ1) is 7.40. The van der Waals surface area contributed by atoms with Crippen LogP contribution in [0.2, 0.25) is 0 Å². The van der Waals surface area contributed by atoms with Crippen LogP contribution in [-0.2, 0) is 23.1 Å². The van der Waals surface area contributed by atoms with Crippen LogP contribution in [0.5, 0.6) is 0 Å². The van der Waals surface area contributed by atoms with E-state index in [-0.39, 0.29) is 12.2 Å². The van der Waals surface area contributed by atoms with Crippen molar-refractivity contribution in [1.29, 1.82) is 0 Å². The molecule has 0 fully saturated rings. The number of hydrogen-bond acceptors (Lipinski definition) is 5. The first-order valence-corrected chi connectivity index (χ1v) is 4.58. The van der Waals surface area contributed by atoms with Crippen LogP contribution in [0.4, 0.5) is 0 Å². The van der Waals surface area contributed by atoms with Gasteiger partial charge in [0.15, 0.2) is 11.2 Å². The molecular formula is C8H13N5O3. The van der Waals surface area contributed by atoms with Gasteiger partial charge in [-0.05, 0) is 12.1 Å². The zero-order valence-corrected chi connectivity index (χ0v) is 9.26. The second kappa shape index (κ2) is 4.25. The molecule has 1 aromatic heterocycles. The lowest BCUT2D eigenvalue weighted by molar-refractivity contribution is -0.154. The van der Waals surface area contributed by atoms with E-state index in [1.807, 2.05) is 0 Å². The van der Waals surface area contributed by atoms with Crippen LogP contribution in [0.3, 0.4) is 0 Å². The Morgan fingerprint density at radius 2 is 2.19 bits per heavy atom. The summed E-state index contributed by atoms with van der Waals surface area (Å²) in [6.45, 7) is 1.32. The Bertz CT molecular complexity index is 416. The van der Waals surface area contributed by atoms with Crippen LogP contribution < -0.4 is 5.32 Å². The highest BCUT2D eigenvalue weighted by molar-refractivity contribution is 6.01. The Morgan fingerprint density at radius 3 is 2.56 bits per heavy atom. The minimum Gasteiger partial charge on any atom is -0.480 e. The van der Waals surface area contributed by atoms with Crippen LogP contribution in [-0.4, -0.2) is 44.2 Å². The number of aliphatic carboxylic acids is 1. The molecule has 16 heavy (non-hydrogen) atoms. The molecule has 0 saturated carbocycles. The van der Waals surface area contributed by atoms with E-state index in [0.29, 0.717) is 0 Å². The van der Waals surface area contributed by atoms with Crippen LogP contribution >= 0.6 is 0 Å². The number of nitrogens with one attached hydrogen (secondary N) is 1. The summed E-state index contributed by atoms with van der Waals surface area (Å²) in [6, 6.07) is 0. The highest BCUT2D eigenvalue weighted by Crippen LogP contribution is 2.21. The summed E-state index contributed by atoms with van der Waals surface area (Å²) in [5.41, 5.74) is -1.59. The van der Waals surface area contributed by atoms with E-state index in [1.165, 1.54) is 18.8 Å². The zero-order chi connectivity index (χ0) is 12.3. The van der Waals surface area contributed by atoms with E-state index in [0.717, 1.165) is 0 Å². The van der Waals surface area contributed by atoms with E-state index >= 15 is 0 Å². The summed E-state index contributed by atoms with van der Waals surface area (Å²) in [5, 5.41) is 22.5. The molecule has 8 nitrogen and oxygen atoms in total. The van der Waals surface area contributed by atoms with Crippen LogP contribution in [0.1, 0.15) is 12.7 Å². The first kappa shape index (κ1) is 12.1. The first-order valence-electron chi connectivity index (χ1n) is 4.58. The summed E-state index contributed by atoms with van der Waals surface area (Å²) in [6.07, 6.45) is -0.101. The van der Waals surface area contributed by atoms with Crippen molar-refractivity contribution < 1.29 is 14.7 Å². The Hall–Kier alpha value is -1.99. The van der Waals surface area contributed by atoms with E-state index in [1.54, 1.807) is 7.05 Å². The zero-order valence-electron chi connectivity index (χ0n) is 9.26. The van der Waals surface area contributed by atoms with Gasteiger partial charge in [0.1, 0.15) is 0 Å². The molecule has 1 amide bonds. The number of carbonyl (C=O) groups excluding carboxylic acids is 1. The smallest absolute Gasteiger partial charge is 0.319 e. The standard InChI is InChI=1S/C8H13N5O3/c1-8(7(15)16,6(14)9-2)4-5-10-12-13(3)11-5/h4H2,1-3H3,(H,9,14)(H,15,16). The molecule has 0 saturated heterocycles. The average molecular weight is 227 g/mol. The number of aromatic nitrogens is 4. The average Bonchev–Trinajstić information content (AvgIpc) is 2.62.